The van der Waals surface area contributed by atoms with Crippen molar-refractivity contribution < 1.29 is 14.3 Å². The summed E-state index contributed by atoms with van der Waals surface area (Å²) < 4.78 is 4.83. The summed E-state index contributed by atoms with van der Waals surface area (Å²) in [5.41, 5.74) is 1.10. The monoisotopic (exact) mass is 336 g/mol. The summed E-state index contributed by atoms with van der Waals surface area (Å²) in [5.74, 6) is -0.0718. The molecule has 0 aromatic heterocycles. The number of amides is 2. The lowest BCUT2D eigenvalue weighted by atomic mass is 9.91. The molecule has 2 fully saturated rings. The third-order valence-corrected chi connectivity index (χ3v) is 5.33. The predicted molar refractivity (Wildman–Crippen MR) is 87.1 cm³/mol. The highest BCUT2D eigenvalue weighted by molar-refractivity contribution is 6.30. The molecule has 2 aliphatic rings. The van der Waals surface area contributed by atoms with Gasteiger partial charge in [0, 0.05) is 24.7 Å². The van der Waals surface area contributed by atoms with Gasteiger partial charge < -0.3 is 15.0 Å². The van der Waals surface area contributed by atoms with Gasteiger partial charge in [0.15, 0.2) is 0 Å². The van der Waals surface area contributed by atoms with E-state index in [9.17, 15) is 9.59 Å². The zero-order chi connectivity index (χ0) is 16.4. The second kappa shape index (κ2) is 6.40. The largest absolute Gasteiger partial charge is 0.469 e. The van der Waals surface area contributed by atoms with E-state index in [1.54, 1.807) is 0 Å². The Labute approximate surface area is 140 Å². The van der Waals surface area contributed by atoms with Gasteiger partial charge in [0.1, 0.15) is 0 Å². The van der Waals surface area contributed by atoms with Crippen LogP contribution in [0.1, 0.15) is 24.8 Å². The van der Waals surface area contributed by atoms with E-state index >= 15 is 0 Å². The normalized spacial score (nSPS) is 21.8. The summed E-state index contributed by atoms with van der Waals surface area (Å²) in [6.07, 6.45) is 2.65. The van der Waals surface area contributed by atoms with Gasteiger partial charge >= 0.3 is 12.0 Å². The molecule has 23 heavy (non-hydrogen) atoms. The second-order valence-corrected chi connectivity index (χ2v) is 6.85. The molecule has 1 saturated carbocycles. The van der Waals surface area contributed by atoms with Crippen molar-refractivity contribution in [3.8, 4) is 0 Å². The first kappa shape index (κ1) is 16.1. The third kappa shape index (κ3) is 3.44. The molecule has 3 rings (SSSR count). The number of rotatable bonds is 3. The van der Waals surface area contributed by atoms with Crippen LogP contribution in [0.3, 0.4) is 0 Å². The SMILES string of the molecule is COC(=O)[C@H]1CC12CCN(C(=O)NCc1ccc(Cl)cc1)CC2. The number of nitrogens with one attached hydrogen (secondary N) is 1. The summed E-state index contributed by atoms with van der Waals surface area (Å²) in [5, 5.41) is 3.62. The molecule has 0 radical (unpaired) electrons. The van der Waals surface area contributed by atoms with Crippen molar-refractivity contribution in [2.24, 2.45) is 11.3 Å². The van der Waals surface area contributed by atoms with Gasteiger partial charge in [-0.15, -0.1) is 0 Å². The number of methoxy groups -OCH3 is 1. The highest BCUT2D eigenvalue weighted by Crippen LogP contribution is 2.59. The predicted octanol–water partition coefficient (Wildman–Crippen LogP) is 2.82. The molecule has 2 amide bonds. The fourth-order valence-electron chi connectivity index (χ4n) is 3.42. The molecule has 1 spiro atoms. The van der Waals surface area contributed by atoms with Crippen LogP contribution in [0.25, 0.3) is 0 Å². The fraction of sp³-hybridized carbons (Fsp3) is 0.529. The smallest absolute Gasteiger partial charge is 0.317 e. The summed E-state index contributed by atoms with van der Waals surface area (Å²) in [6, 6.07) is 7.38. The van der Waals surface area contributed by atoms with Gasteiger partial charge in [-0.25, -0.2) is 4.79 Å². The molecule has 5 nitrogen and oxygen atoms in total. The number of likely N-dealkylation sites (tertiary alicyclic amines) is 1. The van der Waals surface area contributed by atoms with Gasteiger partial charge in [-0.3, -0.25) is 4.79 Å². The van der Waals surface area contributed by atoms with E-state index in [4.69, 9.17) is 16.3 Å². The van der Waals surface area contributed by atoms with E-state index in [-0.39, 0.29) is 23.3 Å². The molecule has 1 aromatic carbocycles. The number of hydrogen-bond acceptors (Lipinski definition) is 3. The van der Waals surface area contributed by atoms with Crippen molar-refractivity contribution in [3.05, 3.63) is 34.9 Å². The van der Waals surface area contributed by atoms with Crippen LogP contribution in [0, 0.1) is 11.3 Å². The first-order chi connectivity index (χ1) is 11.0. The Balaban J connectivity index is 1.45. The van der Waals surface area contributed by atoms with E-state index in [1.165, 1.54) is 7.11 Å². The molecule has 0 unspecified atom stereocenters. The number of ether oxygens (including phenoxy) is 1. The van der Waals surface area contributed by atoms with Gasteiger partial charge in [-0.1, -0.05) is 23.7 Å². The Hall–Kier alpha value is -1.75. The van der Waals surface area contributed by atoms with Crippen LogP contribution in [0.5, 0.6) is 0 Å². The number of hydrogen-bond donors (Lipinski definition) is 1. The van der Waals surface area contributed by atoms with E-state index < -0.39 is 0 Å². The maximum absolute atomic E-state index is 12.2. The standard InChI is InChI=1S/C17H21ClN2O3/c1-23-15(21)14-10-17(14)6-8-20(9-7-17)16(22)19-11-12-2-4-13(18)5-3-12/h2-5,14H,6-11H2,1H3,(H,19,22)/t14-/m1/s1. The number of piperidine rings is 1. The van der Waals surface area contributed by atoms with E-state index in [1.807, 2.05) is 29.2 Å². The average molecular weight is 337 g/mol. The molecule has 1 aliphatic heterocycles. The van der Waals surface area contributed by atoms with Gasteiger partial charge in [-0.2, -0.15) is 0 Å². The molecule has 1 N–H and O–H groups in total. The molecule has 1 atom stereocenters. The molecule has 1 aromatic rings. The summed E-state index contributed by atoms with van der Waals surface area (Å²) in [4.78, 5) is 25.7. The van der Waals surface area contributed by atoms with Gasteiger partial charge in [0.2, 0.25) is 0 Å². The van der Waals surface area contributed by atoms with Crippen LogP contribution >= 0.6 is 11.6 Å². The van der Waals surface area contributed by atoms with Crippen LogP contribution in [0.15, 0.2) is 24.3 Å². The van der Waals surface area contributed by atoms with Crippen molar-refractivity contribution >= 4 is 23.6 Å². The van der Waals surface area contributed by atoms with Crippen LogP contribution in [0.4, 0.5) is 4.79 Å². The Morgan fingerprint density at radius 3 is 2.57 bits per heavy atom. The number of nitrogens with zero attached hydrogens (tertiary/aromatic N) is 1. The Kier molecular flexibility index (Phi) is 4.48. The van der Waals surface area contributed by atoms with E-state index in [2.05, 4.69) is 5.32 Å². The number of esters is 1. The second-order valence-electron chi connectivity index (χ2n) is 6.41. The molecular weight excluding hydrogens is 316 g/mol. The fourth-order valence-corrected chi connectivity index (χ4v) is 3.55. The maximum atomic E-state index is 12.2. The van der Waals surface area contributed by atoms with Crippen molar-refractivity contribution in [2.75, 3.05) is 20.2 Å². The zero-order valence-corrected chi connectivity index (χ0v) is 13.9. The highest BCUT2D eigenvalue weighted by Gasteiger charge is 2.59. The molecule has 1 aliphatic carbocycles. The van der Waals surface area contributed by atoms with Crippen LogP contribution < -0.4 is 5.32 Å². The van der Waals surface area contributed by atoms with E-state index in [0.717, 1.165) is 24.8 Å². The number of urea groups is 1. The van der Waals surface area contributed by atoms with Crippen molar-refractivity contribution in [2.45, 2.75) is 25.8 Å². The highest BCUT2D eigenvalue weighted by atomic mass is 35.5. The van der Waals surface area contributed by atoms with Crippen LogP contribution in [0.2, 0.25) is 5.02 Å². The van der Waals surface area contributed by atoms with Gasteiger partial charge in [0.25, 0.3) is 0 Å². The minimum Gasteiger partial charge on any atom is -0.469 e. The van der Waals surface area contributed by atoms with Crippen LogP contribution in [-0.4, -0.2) is 37.1 Å². The Morgan fingerprint density at radius 2 is 1.96 bits per heavy atom. The molecule has 6 heteroatoms. The summed E-state index contributed by atoms with van der Waals surface area (Å²) in [6.45, 7) is 1.88. The maximum Gasteiger partial charge on any atom is 0.317 e. The van der Waals surface area contributed by atoms with Crippen molar-refractivity contribution in [1.82, 2.24) is 10.2 Å². The quantitative estimate of drug-likeness (QED) is 0.863. The lowest BCUT2D eigenvalue weighted by Gasteiger charge is -2.32. The lowest BCUT2D eigenvalue weighted by Crippen LogP contribution is -2.45. The van der Waals surface area contributed by atoms with E-state index in [0.29, 0.717) is 24.7 Å². The number of halogens is 1. The Bertz CT molecular complexity index is 594. The lowest BCUT2D eigenvalue weighted by molar-refractivity contribution is -0.143. The number of carbonyl (C=O) groups excluding carboxylic acids is 2. The number of benzene rings is 1. The van der Waals surface area contributed by atoms with Gasteiger partial charge in [-0.05, 0) is 42.4 Å². The number of carbonyl (C=O) groups is 2. The molecule has 1 heterocycles. The van der Waals surface area contributed by atoms with Gasteiger partial charge in [0.05, 0.1) is 13.0 Å². The summed E-state index contributed by atoms with van der Waals surface area (Å²) >= 11 is 5.84. The minimum atomic E-state index is -0.106. The van der Waals surface area contributed by atoms with Crippen molar-refractivity contribution in [3.63, 3.8) is 0 Å². The minimum absolute atomic E-state index is 0.0341. The van der Waals surface area contributed by atoms with Crippen LogP contribution in [-0.2, 0) is 16.1 Å². The molecule has 0 bridgehead atoms. The molecule has 124 valence electrons. The first-order valence-corrected chi connectivity index (χ1v) is 8.27. The molecular formula is C17H21ClN2O3. The topological polar surface area (TPSA) is 58.6 Å². The Morgan fingerprint density at radius 1 is 1.30 bits per heavy atom. The zero-order valence-electron chi connectivity index (χ0n) is 13.2. The molecule has 1 saturated heterocycles. The van der Waals surface area contributed by atoms with Crippen molar-refractivity contribution in [1.29, 1.82) is 0 Å². The summed E-state index contributed by atoms with van der Waals surface area (Å²) in [7, 11) is 1.44. The average Bonchev–Trinajstić information content (AvgIpc) is 3.27. The third-order valence-electron chi connectivity index (χ3n) is 5.08. The first-order valence-electron chi connectivity index (χ1n) is 7.89.